The molecule has 0 aliphatic heterocycles. The lowest BCUT2D eigenvalue weighted by Gasteiger charge is -2.41. The Morgan fingerprint density at radius 1 is 1.20 bits per heavy atom. The van der Waals surface area contributed by atoms with Gasteiger partial charge >= 0.3 is 0 Å². The van der Waals surface area contributed by atoms with Gasteiger partial charge in [-0.05, 0) is 73.9 Å². The van der Waals surface area contributed by atoms with Gasteiger partial charge in [0.05, 0.1) is 0 Å². The van der Waals surface area contributed by atoms with Crippen molar-refractivity contribution in [2.75, 3.05) is 7.05 Å². The fraction of sp³-hybridized carbons (Fsp3) is 0.778. The maximum absolute atomic E-state index is 3.71. The molecule has 1 heterocycles. The topological polar surface area (TPSA) is 12.0 Å². The summed E-state index contributed by atoms with van der Waals surface area (Å²) in [6, 6.07) is 3.10. The minimum atomic E-state index is 0.693. The summed E-state index contributed by atoms with van der Waals surface area (Å²) in [4.78, 5) is 1.67. The van der Waals surface area contributed by atoms with Crippen LogP contribution in [0.4, 0.5) is 0 Å². The summed E-state index contributed by atoms with van der Waals surface area (Å²) < 4.78 is 0. The fourth-order valence-corrected chi connectivity index (χ4v) is 5.57. The van der Waals surface area contributed by atoms with Crippen LogP contribution in [-0.2, 0) is 6.42 Å². The van der Waals surface area contributed by atoms with Gasteiger partial charge in [-0.1, -0.05) is 20.3 Å². The Balaban J connectivity index is 1.78. The van der Waals surface area contributed by atoms with Gasteiger partial charge in [-0.3, -0.25) is 0 Å². The summed E-state index contributed by atoms with van der Waals surface area (Å²) >= 11 is 1.98. The van der Waals surface area contributed by atoms with Gasteiger partial charge in [-0.25, -0.2) is 0 Å². The Kier molecular flexibility index (Phi) is 4.52. The quantitative estimate of drug-likeness (QED) is 0.841. The fourth-order valence-electron chi connectivity index (χ4n) is 4.58. The summed E-state index contributed by atoms with van der Waals surface area (Å²) in [6.07, 6.45) is 8.35. The molecular formula is C18H29NS. The molecule has 2 heteroatoms. The predicted molar refractivity (Wildman–Crippen MR) is 88.5 cm³/mol. The Labute approximate surface area is 128 Å². The molecular weight excluding hydrogens is 262 g/mol. The summed E-state index contributed by atoms with van der Waals surface area (Å²) in [5.41, 5.74) is 1.67. The first-order chi connectivity index (χ1) is 9.70. The van der Waals surface area contributed by atoms with E-state index in [-0.39, 0.29) is 0 Å². The monoisotopic (exact) mass is 291 g/mol. The van der Waals surface area contributed by atoms with Crippen molar-refractivity contribution < 1.29 is 0 Å². The van der Waals surface area contributed by atoms with E-state index in [0.717, 1.165) is 23.7 Å². The molecule has 0 aromatic carbocycles. The van der Waals surface area contributed by atoms with E-state index in [2.05, 4.69) is 37.7 Å². The van der Waals surface area contributed by atoms with E-state index in [9.17, 15) is 0 Å². The Hall–Kier alpha value is -0.340. The second-order valence-electron chi connectivity index (χ2n) is 7.14. The van der Waals surface area contributed by atoms with E-state index in [4.69, 9.17) is 0 Å². The highest BCUT2D eigenvalue weighted by atomic mass is 32.1. The Morgan fingerprint density at radius 3 is 2.80 bits per heavy atom. The van der Waals surface area contributed by atoms with Crippen LogP contribution in [0.25, 0.3) is 0 Å². The number of aryl methyl sites for hydroxylation is 1. The molecule has 2 aliphatic rings. The zero-order valence-electron chi connectivity index (χ0n) is 13.2. The van der Waals surface area contributed by atoms with E-state index >= 15 is 0 Å². The molecule has 0 amide bonds. The molecule has 112 valence electrons. The van der Waals surface area contributed by atoms with Crippen LogP contribution in [-0.4, -0.2) is 13.1 Å². The lowest BCUT2D eigenvalue weighted by atomic mass is 9.68. The standard InChI is InChI=1S/C18H29NS/c1-12-7-8-14(11-13(12)2)18(19-3)16-5-4-6-17-15(16)9-10-20-17/h9-10,12-14,16,18-19H,4-8,11H2,1-3H3. The summed E-state index contributed by atoms with van der Waals surface area (Å²) in [7, 11) is 2.19. The first-order valence-electron chi connectivity index (χ1n) is 8.44. The minimum absolute atomic E-state index is 0.693. The van der Waals surface area contributed by atoms with E-state index in [1.54, 1.807) is 10.4 Å². The normalized spacial score (nSPS) is 35.5. The average Bonchev–Trinajstić information content (AvgIpc) is 2.93. The van der Waals surface area contributed by atoms with Crippen molar-refractivity contribution >= 4 is 11.3 Å². The van der Waals surface area contributed by atoms with E-state index < -0.39 is 0 Å². The lowest BCUT2D eigenvalue weighted by Crippen LogP contribution is -2.42. The Morgan fingerprint density at radius 2 is 2.05 bits per heavy atom. The maximum Gasteiger partial charge on any atom is 0.0161 e. The molecule has 20 heavy (non-hydrogen) atoms. The number of rotatable bonds is 3. The highest BCUT2D eigenvalue weighted by Gasteiger charge is 2.36. The molecule has 2 aliphatic carbocycles. The van der Waals surface area contributed by atoms with Crippen LogP contribution in [0, 0.1) is 17.8 Å². The average molecular weight is 292 g/mol. The van der Waals surface area contributed by atoms with Crippen LogP contribution in [0.3, 0.4) is 0 Å². The van der Waals surface area contributed by atoms with E-state index in [1.165, 1.54) is 38.5 Å². The van der Waals surface area contributed by atoms with Gasteiger partial charge in [0.2, 0.25) is 0 Å². The molecule has 1 aromatic heterocycles. The van der Waals surface area contributed by atoms with Crippen molar-refractivity contribution in [3.63, 3.8) is 0 Å². The number of likely N-dealkylation sites (N-methyl/N-ethyl adjacent to an activating group) is 1. The third-order valence-electron chi connectivity index (χ3n) is 6.01. The van der Waals surface area contributed by atoms with Crippen molar-refractivity contribution in [3.05, 3.63) is 21.9 Å². The van der Waals surface area contributed by atoms with E-state index in [0.29, 0.717) is 6.04 Å². The first kappa shape index (κ1) is 14.6. The third-order valence-corrected chi connectivity index (χ3v) is 7.01. The van der Waals surface area contributed by atoms with Gasteiger partial charge < -0.3 is 5.32 Å². The molecule has 0 saturated heterocycles. The van der Waals surface area contributed by atoms with Gasteiger partial charge in [0.15, 0.2) is 0 Å². The van der Waals surface area contributed by atoms with Crippen molar-refractivity contribution in [1.82, 2.24) is 5.32 Å². The molecule has 1 saturated carbocycles. The molecule has 1 N–H and O–H groups in total. The van der Waals surface area contributed by atoms with Crippen LogP contribution in [0.15, 0.2) is 11.4 Å². The Bertz CT molecular complexity index is 438. The largest absolute Gasteiger partial charge is 0.316 e. The number of fused-ring (bicyclic) bond motifs is 1. The van der Waals surface area contributed by atoms with Gasteiger partial charge in [0, 0.05) is 16.8 Å². The molecule has 1 aromatic rings. The van der Waals surface area contributed by atoms with Crippen molar-refractivity contribution in [1.29, 1.82) is 0 Å². The van der Waals surface area contributed by atoms with Crippen molar-refractivity contribution in [2.45, 2.75) is 64.3 Å². The van der Waals surface area contributed by atoms with Gasteiger partial charge in [-0.15, -0.1) is 11.3 Å². The number of hydrogen-bond acceptors (Lipinski definition) is 2. The number of thiophene rings is 1. The molecule has 3 rings (SSSR count). The molecule has 5 unspecified atom stereocenters. The second kappa shape index (κ2) is 6.19. The zero-order chi connectivity index (χ0) is 14.1. The lowest BCUT2D eigenvalue weighted by molar-refractivity contribution is 0.157. The molecule has 0 spiro atoms. The highest BCUT2D eigenvalue weighted by molar-refractivity contribution is 7.10. The van der Waals surface area contributed by atoms with Gasteiger partial charge in [-0.2, -0.15) is 0 Å². The van der Waals surface area contributed by atoms with Gasteiger partial charge in [0.1, 0.15) is 0 Å². The van der Waals surface area contributed by atoms with Crippen LogP contribution in [0.1, 0.15) is 62.3 Å². The summed E-state index contributed by atoms with van der Waals surface area (Å²) in [6.45, 7) is 4.90. The van der Waals surface area contributed by atoms with Crippen LogP contribution >= 0.6 is 11.3 Å². The molecule has 5 atom stereocenters. The first-order valence-corrected chi connectivity index (χ1v) is 9.32. The smallest absolute Gasteiger partial charge is 0.0161 e. The SMILES string of the molecule is CNC(C1CCC(C)C(C)C1)C1CCCc2sccc21. The maximum atomic E-state index is 3.71. The highest BCUT2D eigenvalue weighted by Crippen LogP contribution is 2.43. The molecule has 1 fully saturated rings. The zero-order valence-corrected chi connectivity index (χ0v) is 14.0. The molecule has 0 radical (unpaired) electrons. The molecule has 0 bridgehead atoms. The second-order valence-corrected chi connectivity index (χ2v) is 8.14. The van der Waals surface area contributed by atoms with Crippen LogP contribution < -0.4 is 5.32 Å². The minimum Gasteiger partial charge on any atom is -0.316 e. The number of nitrogens with one attached hydrogen (secondary N) is 1. The van der Waals surface area contributed by atoms with Crippen molar-refractivity contribution in [2.24, 2.45) is 17.8 Å². The van der Waals surface area contributed by atoms with E-state index in [1.807, 2.05) is 11.3 Å². The summed E-state index contributed by atoms with van der Waals surface area (Å²) in [5, 5.41) is 6.02. The third kappa shape index (κ3) is 2.69. The number of hydrogen-bond donors (Lipinski definition) is 1. The predicted octanol–water partition coefficient (Wildman–Crippen LogP) is 4.83. The van der Waals surface area contributed by atoms with Crippen LogP contribution in [0.2, 0.25) is 0 Å². The molecule has 1 nitrogen and oxygen atoms in total. The summed E-state index contributed by atoms with van der Waals surface area (Å²) in [5.74, 6) is 3.46. The van der Waals surface area contributed by atoms with Crippen LogP contribution in [0.5, 0.6) is 0 Å². The van der Waals surface area contributed by atoms with Gasteiger partial charge in [0.25, 0.3) is 0 Å². The van der Waals surface area contributed by atoms with Crippen molar-refractivity contribution in [3.8, 4) is 0 Å².